The number of rotatable bonds is 5. The van der Waals surface area contributed by atoms with Crippen LogP contribution in [0.1, 0.15) is 43.4 Å². The molecule has 1 heterocycles. The van der Waals surface area contributed by atoms with Crippen LogP contribution in [0.15, 0.2) is 41.3 Å². The van der Waals surface area contributed by atoms with E-state index in [9.17, 15) is 9.18 Å². The third-order valence-corrected chi connectivity index (χ3v) is 7.34. The molecule has 1 aliphatic rings. The second kappa shape index (κ2) is 9.57. The third kappa shape index (κ3) is 5.79. The van der Waals surface area contributed by atoms with Gasteiger partial charge in [-0.05, 0) is 75.9 Å². The van der Waals surface area contributed by atoms with Gasteiger partial charge in [0.25, 0.3) is 0 Å². The first-order chi connectivity index (χ1) is 14.2. The van der Waals surface area contributed by atoms with Crippen LogP contribution in [0.3, 0.4) is 0 Å². The summed E-state index contributed by atoms with van der Waals surface area (Å²) in [5.74, 6) is 7.92. The van der Waals surface area contributed by atoms with E-state index in [1.54, 1.807) is 32.0 Å². The molecule has 0 saturated carbocycles. The van der Waals surface area contributed by atoms with Crippen LogP contribution in [0.2, 0.25) is 0 Å². The van der Waals surface area contributed by atoms with Crippen molar-refractivity contribution in [3.05, 3.63) is 58.9 Å². The summed E-state index contributed by atoms with van der Waals surface area (Å²) < 4.78 is 25.0. The van der Waals surface area contributed by atoms with E-state index in [0.717, 1.165) is 16.9 Å². The van der Waals surface area contributed by atoms with E-state index >= 15 is 0 Å². The minimum Gasteiger partial charge on any atom is -0.481 e. The molecule has 0 aliphatic carbocycles. The number of hydrogen-bond acceptors (Lipinski definition) is 3. The van der Waals surface area contributed by atoms with Crippen molar-refractivity contribution in [3.8, 4) is 17.6 Å². The van der Waals surface area contributed by atoms with Crippen molar-refractivity contribution in [2.24, 2.45) is 0 Å². The lowest BCUT2D eigenvalue weighted by Gasteiger charge is -2.19. The van der Waals surface area contributed by atoms with Crippen LogP contribution in [0.25, 0.3) is 0 Å². The zero-order valence-electron chi connectivity index (χ0n) is 18.0. The summed E-state index contributed by atoms with van der Waals surface area (Å²) in [5, 5.41) is 0. The van der Waals surface area contributed by atoms with Gasteiger partial charge < -0.3 is 9.47 Å². The van der Waals surface area contributed by atoms with Gasteiger partial charge in [-0.15, -0.1) is 0 Å². The zero-order chi connectivity index (χ0) is 21.7. The highest BCUT2D eigenvalue weighted by Gasteiger charge is 2.28. The fraction of sp³-hybridized carbons (Fsp3) is 0.400. The number of hydrogen-bond donors (Lipinski definition) is 0. The fourth-order valence-electron chi connectivity index (χ4n) is 3.45. The van der Waals surface area contributed by atoms with Crippen LogP contribution >= 0.6 is 0 Å². The van der Waals surface area contributed by atoms with E-state index in [0.29, 0.717) is 10.9 Å². The zero-order valence-corrected chi connectivity index (χ0v) is 18.8. The summed E-state index contributed by atoms with van der Waals surface area (Å²) in [6.45, 7) is 7.18. The Kier molecular flexibility index (Phi) is 7.10. The Labute approximate surface area is 181 Å². The van der Waals surface area contributed by atoms with E-state index in [-0.39, 0.29) is 12.2 Å². The van der Waals surface area contributed by atoms with Crippen LogP contribution in [0.4, 0.5) is 4.39 Å². The molecule has 1 saturated heterocycles. The van der Waals surface area contributed by atoms with Gasteiger partial charge >= 0.3 is 5.97 Å². The lowest BCUT2D eigenvalue weighted by Crippen LogP contribution is -2.29. The molecule has 0 bridgehead atoms. The number of benzene rings is 2. The fourth-order valence-corrected chi connectivity index (χ4v) is 5.91. The average molecular weight is 428 g/mol. The van der Waals surface area contributed by atoms with Crippen molar-refractivity contribution in [2.45, 2.75) is 51.0 Å². The largest absolute Gasteiger partial charge is 0.481 e. The summed E-state index contributed by atoms with van der Waals surface area (Å²) in [6, 6.07) is 10.6. The summed E-state index contributed by atoms with van der Waals surface area (Å²) in [4.78, 5) is 13.7. The van der Waals surface area contributed by atoms with Crippen LogP contribution in [-0.4, -0.2) is 29.7 Å². The molecule has 0 unspecified atom stereocenters. The standard InChI is InChI=1S/C25H28FO3S/c1-18-15-21(30-13-7-8-14-30)16-19(2)24(18)28-17-23(27)29-25(3,4)12-11-20-9-5-6-10-22(20)26/h5-6,9-10,15-16H,7-8,13-14,17H2,1-4H3/q+1. The van der Waals surface area contributed by atoms with Gasteiger partial charge in [0.2, 0.25) is 0 Å². The Hall–Kier alpha value is -2.45. The molecule has 3 rings (SSSR count). The molecule has 2 aromatic carbocycles. The first kappa shape index (κ1) is 22.2. The first-order valence-corrected chi connectivity index (χ1v) is 11.7. The Balaban J connectivity index is 1.61. The van der Waals surface area contributed by atoms with Gasteiger partial charge in [0, 0.05) is 10.9 Å². The van der Waals surface area contributed by atoms with Crippen molar-refractivity contribution in [3.63, 3.8) is 0 Å². The highest BCUT2D eigenvalue weighted by atomic mass is 32.2. The van der Waals surface area contributed by atoms with Crippen molar-refractivity contribution in [2.75, 3.05) is 18.1 Å². The van der Waals surface area contributed by atoms with Crippen LogP contribution in [-0.2, 0) is 20.4 Å². The summed E-state index contributed by atoms with van der Waals surface area (Å²) >= 11 is 0. The predicted octanol–water partition coefficient (Wildman–Crippen LogP) is 4.97. The van der Waals surface area contributed by atoms with E-state index in [1.165, 1.54) is 35.3 Å². The van der Waals surface area contributed by atoms with Gasteiger partial charge in [0.1, 0.15) is 23.1 Å². The number of aryl methyl sites for hydroxylation is 2. The van der Waals surface area contributed by atoms with Gasteiger partial charge in [-0.3, -0.25) is 0 Å². The lowest BCUT2D eigenvalue weighted by molar-refractivity contribution is -0.154. The molecule has 2 aromatic rings. The Morgan fingerprint density at radius 1 is 1.13 bits per heavy atom. The maximum atomic E-state index is 13.7. The molecule has 0 aromatic heterocycles. The number of carbonyl (C=O) groups excluding carboxylic acids is 1. The normalized spacial score (nSPS) is 14.2. The number of ether oxygens (including phenoxy) is 2. The van der Waals surface area contributed by atoms with E-state index < -0.39 is 17.4 Å². The molecule has 158 valence electrons. The van der Waals surface area contributed by atoms with Crippen molar-refractivity contribution in [1.82, 2.24) is 0 Å². The SMILES string of the molecule is Cc1cc([S+]2CCCC2)cc(C)c1OCC(=O)OC(C)(C)C#Cc1ccccc1F. The quantitative estimate of drug-likeness (QED) is 0.384. The lowest BCUT2D eigenvalue weighted by atomic mass is 10.1. The topological polar surface area (TPSA) is 35.5 Å². The van der Waals surface area contributed by atoms with Gasteiger partial charge in [-0.2, -0.15) is 0 Å². The second-order valence-corrected chi connectivity index (χ2v) is 10.3. The molecule has 30 heavy (non-hydrogen) atoms. The molecular formula is C25H28FO3S+. The third-order valence-electron chi connectivity index (χ3n) is 4.87. The van der Waals surface area contributed by atoms with Crippen LogP contribution < -0.4 is 4.74 Å². The van der Waals surface area contributed by atoms with E-state index in [2.05, 4.69) is 24.0 Å². The molecule has 0 radical (unpaired) electrons. The maximum Gasteiger partial charge on any atom is 0.345 e. The Morgan fingerprint density at radius 3 is 2.40 bits per heavy atom. The predicted molar refractivity (Wildman–Crippen MR) is 119 cm³/mol. The highest BCUT2D eigenvalue weighted by molar-refractivity contribution is 7.97. The molecule has 1 fully saturated rings. The number of esters is 1. The average Bonchev–Trinajstić information content (AvgIpc) is 3.21. The summed E-state index contributed by atoms with van der Waals surface area (Å²) in [5.41, 5.74) is 1.29. The molecule has 0 amide bonds. The molecule has 0 spiro atoms. The minimum atomic E-state index is -1.06. The Bertz CT molecular complexity index is 958. The number of carbonyl (C=O) groups is 1. The molecule has 1 aliphatic heterocycles. The van der Waals surface area contributed by atoms with Gasteiger partial charge in [0.05, 0.1) is 5.56 Å². The summed E-state index contributed by atoms with van der Waals surface area (Å²) in [7, 11) is 0.345. The van der Waals surface area contributed by atoms with E-state index in [1.807, 2.05) is 13.8 Å². The van der Waals surface area contributed by atoms with Crippen LogP contribution in [0.5, 0.6) is 5.75 Å². The monoisotopic (exact) mass is 427 g/mol. The smallest absolute Gasteiger partial charge is 0.345 e. The molecule has 0 N–H and O–H groups in total. The second-order valence-electron chi connectivity index (χ2n) is 8.00. The minimum absolute atomic E-state index is 0.197. The maximum absolute atomic E-state index is 13.7. The van der Waals surface area contributed by atoms with Gasteiger partial charge in [-0.1, -0.05) is 24.0 Å². The number of halogens is 1. The molecular weight excluding hydrogens is 399 g/mol. The molecule has 0 atom stereocenters. The first-order valence-electron chi connectivity index (χ1n) is 10.2. The van der Waals surface area contributed by atoms with Crippen molar-refractivity contribution < 1.29 is 18.7 Å². The van der Waals surface area contributed by atoms with Gasteiger partial charge in [-0.25, -0.2) is 9.18 Å². The molecule has 5 heteroatoms. The van der Waals surface area contributed by atoms with Gasteiger partial charge in [0.15, 0.2) is 17.1 Å². The van der Waals surface area contributed by atoms with E-state index in [4.69, 9.17) is 9.47 Å². The summed E-state index contributed by atoms with van der Waals surface area (Å²) in [6.07, 6.45) is 2.61. The van der Waals surface area contributed by atoms with Crippen molar-refractivity contribution in [1.29, 1.82) is 0 Å². The Morgan fingerprint density at radius 2 is 1.77 bits per heavy atom. The molecule has 3 nitrogen and oxygen atoms in total. The van der Waals surface area contributed by atoms with Crippen LogP contribution in [0, 0.1) is 31.5 Å². The van der Waals surface area contributed by atoms with Crippen molar-refractivity contribution >= 4 is 16.9 Å². The highest BCUT2D eigenvalue weighted by Crippen LogP contribution is 2.31.